The van der Waals surface area contributed by atoms with Crippen molar-refractivity contribution in [2.45, 2.75) is 42.0 Å². The number of anilines is 1. The Morgan fingerprint density at radius 3 is 2.83 bits per heavy atom. The number of aromatic nitrogens is 3. The lowest BCUT2D eigenvalue weighted by Crippen LogP contribution is -2.43. The van der Waals surface area contributed by atoms with Gasteiger partial charge in [0.1, 0.15) is 16.6 Å². The molecule has 3 heterocycles. The predicted molar refractivity (Wildman–Crippen MR) is 113 cm³/mol. The van der Waals surface area contributed by atoms with E-state index in [-0.39, 0.29) is 23.7 Å². The molecule has 164 valence electrons. The summed E-state index contributed by atoms with van der Waals surface area (Å²) in [5, 5.41) is 10.9. The van der Waals surface area contributed by atoms with Gasteiger partial charge in [0.2, 0.25) is 21.1 Å². The van der Waals surface area contributed by atoms with E-state index < -0.39 is 27.9 Å². The maximum atomic E-state index is 13.2. The molecule has 1 fully saturated rings. The topological polar surface area (TPSA) is 123 Å². The fraction of sp³-hybridized carbons (Fsp3) is 0.529. The van der Waals surface area contributed by atoms with Crippen LogP contribution in [0.2, 0.25) is 0 Å². The van der Waals surface area contributed by atoms with E-state index in [4.69, 9.17) is 4.74 Å². The number of hydrogen-bond acceptors (Lipinski definition) is 9. The van der Waals surface area contributed by atoms with Crippen molar-refractivity contribution in [2.75, 3.05) is 24.2 Å². The summed E-state index contributed by atoms with van der Waals surface area (Å²) >= 11 is 2.76. The van der Waals surface area contributed by atoms with E-state index in [1.807, 2.05) is 6.92 Å². The molecule has 1 saturated heterocycles. The minimum absolute atomic E-state index is 0.0506. The number of nitrogens with one attached hydrogen (secondary N) is 1. The standard InChI is InChI=1S/C17H23N5O5S3/c1-4-27-15(24)13-9-11(10-21(13)3)30(25,26)22-8-6-7-12(22)14(23)18-16-19-20-17(29-16)28-5-2/h9-10,12H,4-8H2,1-3H3,(H,18,19,23). The summed E-state index contributed by atoms with van der Waals surface area (Å²) in [6, 6.07) is 0.423. The van der Waals surface area contributed by atoms with E-state index in [1.165, 1.54) is 44.2 Å². The molecule has 1 atom stereocenters. The fourth-order valence-corrected chi connectivity index (χ4v) is 6.52. The summed E-state index contributed by atoms with van der Waals surface area (Å²) < 4.78 is 34.7. The van der Waals surface area contributed by atoms with Gasteiger partial charge in [0.05, 0.1) is 6.61 Å². The van der Waals surface area contributed by atoms with Crippen molar-refractivity contribution >= 4 is 50.1 Å². The number of carbonyl (C=O) groups excluding carboxylic acids is 2. The van der Waals surface area contributed by atoms with Gasteiger partial charge >= 0.3 is 5.97 Å². The molecule has 0 aliphatic carbocycles. The molecule has 0 aromatic carbocycles. The van der Waals surface area contributed by atoms with Crippen LogP contribution >= 0.6 is 23.1 Å². The van der Waals surface area contributed by atoms with Crippen LogP contribution in [0.4, 0.5) is 5.13 Å². The zero-order chi connectivity index (χ0) is 21.9. The van der Waals surface area contributed by atoms with Crippen molar-refractivity contribution < 1.29 is 22.7 Å². The average Bonchev–Trinajstić information content (AvgIpc) is 3.42. The average molecular weight is 474 g/mol. The Labute approximate surface area is 183 Å². The zero-order valence-corrected chi connectivity index (χ0v) is 19.3. The number of sulfonamides is 1. The molecule has 2 aromatic rings. The van der Waals surface area contributed by atoms with Crippen molar-refractivity contribution in [1.82, 2.24) is 19.1 Å². The number of nitrogens with zero attached hydrogens (tertiary/aromatic N) is 4. The molecule has 0 spiro atoms. The molecule has 0 saturated carbocycles. The van der Waals surface area contributed by atoms with Crippen LogP contribution in [0, 0.1) is 0 Å². The summed E-state index contributed by atoms with van der Waals surface area (Å²) in [7, 11) is -2.40. The molecule has 1 N–H and O–H groups in total. The van der Waals surface area contributed by atoms with Crippen molar-refractivity contribution in [1.29, 1.82) is 0 Å². The van der Waals surface area contributed by atoms with Crippen molar-refractivity contribution in [3.63, 3.8) is 0 Å². The van der Waals surface area contributed by atoms with E-state index in [2.05, 4.69) is 15.5 Å². The Morgan fingerprint density at radius 1 is 1.37 bits per heavy atom. The Balaban J connectivity index is 1.79. The van der Waals surface area contributed by atoms with Crippen LogP contribution in [0.3, 0.4) is 0 Å². The number of esters is 1. The fourth-order valence-electron chi connectivity index (χ4n) is 3.14. The summed E-state index contributed by atoms with van der Waals surface area (Å²) in [4.78, 5) is 24.7. The van der Waals surface area contributed by atoms with Gasteiger partial charge < -0.3 is 9.30 Å². The first-order chi connectivity index (χ1) is 14.3. The third kappa shape index (κ3) is 4.68. The van der Waals surface area contributed by atoms with Crippen molar-refractivity contribution in [2.24, 2.45) is 7.05 Å². The molecule has 30 heavy (non-hydrogen) atoms. The highest BCUT2D eigenvalue weighted by molar-refractivity contribution is 8.01. The molecule has 0 radical (unpaired) electrons. The summed E-state index contributed by atoms with van der Waals surface area (Å²) in [6.07, 6.45) is 2.31. The zero-order valence-electron chi connectivity index (χ0n) is 16.8. The predicted octanol–water partition coefficient (Wildman–Crippen LogP) is 1.96. The molecular weight excluding hydrogens is 450 g/mol. The molecule has 3 rings (SSSR count). The lowest BCUT2D eigenvalue weighted by atomic mass is 10.2. The number of carbonyl (C=O) groups is 2. The maximum absolute atomic E-state index is 13.2. The van der Waals surface area contributed by atoms with Gasteiger partial charge in [-0.15, -0.1) is 10.2 Å². The minimum atomic E-state index is -3.97. The summed E-state index contributed by atoms with van der Waals surface area (Å²) in [5.41, 5.74) is 0.130. The monoisotopic (exact) mass is 473 g/mol. The molecule has 10 nitrogen and oxygen atoms in total. The van der Waals surface area contributed by atoms with Gasteiger partial charge in [-0.3, -0.25) is 10.1 Å². The molecule has 1 aliphatic heterocycles. The Kier molecular flexibility index (Phi) is 7.16. The highest BCUT2D eigenvalue weighted by Gasteiger charge is 2.40. The minimum Gasteiger partial charge on any atom is -0.461 e. The largest absolute Gasteiger partial charge is 0.461 e. The number of hydrogen-bond donors (Lipinski definition) is 1. The maximum Gasteiger partial charge on any atom is 0.354 e. The first-order valence-corrected chi connectivity index (χ1v) is 12.6. The van der Waals surface area contributed by atoms with Crippen LogP contribution in [0.1, 0.15) is 37.2 Å². The highest BCUT2D eigenvalue weighted by atomic mass is 32.2. The van der Waals surface area contributed by atoms with Gasteiger partial charge in [-0.05, 0) is 31.6 Å². The Hall–Kier alpha value is -1.96. The van der Waals surface area contributed by atoms with Gasteiger partial charge in [0, 0.05) is 19.8 Å². The molecule has 2 aromatic heterocycles. The normalized spacial score (nSPS) is 17.2. The summed E-state index contributed by atoms with van der Waals surface area (Å²) in [6.45, 7) is 4.07. The molecular formula is C17H23N5O5S3. The van der Waals surface area contributed by atoms with Crippen molar-refractivity contribution in [3.8, 4) is 0 Å². The third-order valence-corrected chi connectivity index (χ3v) is 8.21. The van der Waals surface area contributed by atoms with Gasteiger partial charge in [0.15, 0.2) is 4.34 Å². The smallest absolute Gasteiger partial charge is 0.354 e. The van der Waals surface area contributed by atoms with Gasteiger partial charge in [-0.2, -0.15) is 4.31 Å². The molecule has 1 amide bonds. The lowest BCUT2D eigenvalue weighted by molar-refractivity contribution is -0.119. The number of thioether (sulfide) groups is 1. The van der Waals surface area contributed by atoms with Gasteiger partial charge in [0.25, 0.3) is 0 Å². The van der Waals surface area contributed by atoms with Gasteiger partial charge in [-0.1, -0.05) is 30.0 Å². The van der Waals surface area contributed by atoms with Gasteiger partial charge in [-0.25, -0.2) is 13.2 Å². The number of ether oxygens (including phenoxy) is 1. The van der Waals surface area contributed by atoms with Crippen LogP contribution in [-0.4, -0.2) is 64.3 Å². The second kappa shape index (κ2) is 9.45. The highest BCUT2D eigenvalue weighted by Crippen LogP contribution is 2.29. The van der Waals surface area contributed by atoms with Crippen LogP contribution < -0.4 is 5.32 Å². The van der Waals surface area contributed by atoms with E-state index in [1.54, 1.807) is 14.0 Å². The van der Waals surface area contributed by atoms with Crippen LogP contribution in [0.15, 0.2) is 21.5 Å². The third-order valence-electron chi connectivity index (χ3n) is 4.48. The number of amides is 1. The second-order valence-electron chi connectivity index (χ2n) is 6.46. The summed E-state index contributed by atoms with van der Waals surface area (Å²) in [5.74, 6) is -0.210. The number of aryl methyl sites for hydroxylation is 1. The van der Waals surface area contributed by atoms with Crippen molar-refractivity contribution in [3.05, 3.63) is 18.0 Å². The molecule has 1 aliphatic rings. The lowest BCUT2D eigenvalue weighted by Gasteiger charge is -2.22. The molecule has 0 bridgehead atoms. The molecule has 1 unspecified atom stereocenters. The van der Waals surface area contributed by atoms with E-state index in [9.17, 15) is 18.0 Å². The number of rotatable bonds is 8. The quantitative estimate of drug-likeness (QED) is 0.351. The van der Waals surface area contributed by atoms with Crippen LogP contribution in [0.25, 0.3) is 0 Å². The first kappa shape index (κ1) is 22.7. The Bertz CT molecular complexity index is 1030. The van der Waals surface area contributed by atoms with E-state index >= 15 is 0 Å². The van der Waals surface area contributed by atoms with E-state index in [0.717, 1.165) is 10.1 Å². The van der Waals surface area contributed by atoms with Crippen LogP contribution in [-0.2, 0) is 26.6 Å². The first-order valence-electron chi connectivity index (χ1n) is 9.40. The van der Waals surface area contributed by atoms with Crippen LogP contribution in [0.5, 0.6) is 0 Å². The Morgan fingerprint density at radius 2 is 2.13 bits per heavy atom. The van der Waals surface area contributed by atoms with E-state index in [0.29, 0.717) is 18.0 Å². The SMILES string of the molecule is CCOC(=O)c1cc(S(=O)(=O)N2CCCC2C(=O)Nc2nnc(SCC)s2)cn1C. The second-order valence-corrected chi connectivity index (χ2v) is 10.8. The molecule has 13 heteroatoms.